The zero-order valence-electron chi connectivity index (χ0n) is 12.8. The maximum absolute atomic E-state index is 12.2. The number of halogens is 1. The van der Waals surface area contributed by atoms with Crippen molar-refractivity contribution in [1.82, 2.24) is 10.0 Å². The molecule has 1 rings (SSSR count). The minimum atomic E-state index is -3.59. The van der Waals surface area contributed by atoms with E-state index >= 15 is 0 Å². The van der Waals surface area contributed by atoms with Crippen LogP contribution in [-0.4, -0.2) is 34.2 Å². The van der Waals surface area contributed by atoms with Gasteiger partial charge in [-0.3, -0.25) is 0 Å². The highest BCUT2D eigenvalue weighted by Gasteiger charge is 2.18. The maximum atomic E-state index is 12.2. The van der Waals surface area contributed by atoms with Crippen molar-refractivity contribution in [3.8, 4) is 0 Å². The summed E-state index contributed by atoms with van der Waals surface area (Å²) in [6.07, 6.45) is 0. The number of hydrogen-bond acceptors (Lipinski definition) is 4. The molecule has 7 heteroatoms. The van der Waals surface area contributed by atoms with Gasteiger partial charge in [0.25, 0.3) is 0 Å². The van der Waals surface area contributed by atoms with Crippen molar-refractivity contribution >= 4 is 21.6 Å². The van der Waals surface area contributed by atoms with E-state index in [1.807, 2.05) is 13.8 Å². The molecule has 0 bridgehead atoms. The zero-order valence-corrected chi connectivity index (χ0v) is 14.4. The van der Waals surface area contributed by atoms with Crippen LogP contribution >= 0.6 is 11.6 Å². The molecule has 1 atom stereocenters. The molecule has 0 saturated carbocycles. The fourth-order valence-corrected chi connectivity index (χ4v) is 3.34. The van der Waals surface area contributed by atoms with Crippen LogP contribution in [0.3, 0.4) is 0 Å². The molecule has 0 heterocycles. The molecule has 0 aliphatic carbocycles. The molecule has 0 aliphatic heterocycles. The van der Waals surface area contributed by atoms with Gasteiger partial charge in [-0.25, -0.2) is 13.1 Å². The van der Waals surface area contributed by atoms with Crippen molar-refractivity contribution in [2.24, 2.45) is 0 Å². The summed E-state index contributed by atoms with van der Waals surface area (Å²) >= 11 is 6.16. The highest BCUT2D eigenvalue weighted by atomic mass is 35.5. The van der Waals surface area contributed by atoms with Crippen LogP contribution < -0.4 is 10.0 Å². The van der Waals surface area contributed by atoms with Crippen LogP contribution in [0.15, 0.2) is 23.1 Å². The second-order valence-electron chi connectivity index (χ2n) is 5.27. The Morgan fingerprint density at radius 1 is 1.29 bits per heavy atom. The Bertz CT molecular complexity index is 561. The largest absolute Gasteiger partial charge is 0.383 e. The van der Waals surface area contributed by atoms with Crippen LogP contribution in [0.25, 0.3) is 0 Å². The first kappa shape index (κ1) is 18.4. The SMILES string of the molecule is COCC(C)NS(=O)(=O)c1ccc(CNC(C)C)c(Cl)c1. The second kappa shape index (κ2) is 8.10. The van der Waals surface area contributed by atoms with Crippen molar-refractivity contribution in [2.75, 3.05) is 13.7 Å². The predicted molar refractivity (Wildman–Crippen MR) is 85.1 cm³/mol. The van der Waals surface area contributed by atoms with E-state index in [0.29, 0.717) is 24.2 Å². The van der Waals surface area contributed by atoms with Crippen LogP contribution in [-0.2, 0) is 21.3 Å². The molecule has 0 aliphatic rings. The summed E-state index contributed by atoms with van der Waals surface area (Å²) in [5, 5.41) is 3.68. The van der Waals surface area contributed by atoms with Crippen molar-refractivity contribution in [3.63, 3.8) is 0 Å². The Labute approximate surface area is 132 Å². The van der Waals surface area contributed by atoms with Gasteiger partial charge in [-0.1, -0.05) is 31.5 Å². The molecule has 120 valence electrons. The first-order valence-corrected chi connectivity index (χ1v) is 8.65. The van der Waals surface area contributed by atoms with Gasteiger partial charge in [0.2, 0.25) is 10.0 Å². The van der Waals surface area contributed by atoms with E-state index in [2.05, 4.69) is 10.0 Å². The number of methoxy groups -OCH3 is 1. The number of nitrogens with one attached hydrogen (secondary N) is 2. The molecular weight excluding hydrogens is 312 g/mol. The summed E-state index contributed by atoms with van der Waals surface area (Å²) in [5.74, 6) is 0. The second-order valence-corrected chi connectivity index (χ2v) is 7.39. The van der Waals surface area contributed by atoms with E-state index in [1.54, 1.807) is 19.1 Å². The van der Waals surface area contributed by atoms with E-state index in [0.717, 1.165) is 5.56 Å². The summed E-state index contributed by atoms with van der Waals surface area (Å²) in [6.45, 7) is 6.72. The van der Waals surface area contributed by atoms with E-state index < -0.39 is 10.0 Å². The van der Waals surface area contributed by atoms with E-state index in [9.17, 15) is 8.42 Å². The lowest BCUT2D eigenvalue weighted by molar-refractivity contribution is 0.180. The number of ether oxygens (including phenoxy) is 1. The van der Waals surface area contributed by atoms with Crippen LogP contribution in [0.5, 0.6) is 0 Å². The van der Waals surface area contributed by atoms with Crippen LogP contribution in [0.4, 0.5) is 0 Å². The molecule has 0 spiro atoms. The van der Waals surface area contributed by atoms with E-state index in [1.165, 1.54) is 13.2 Å². The first-order chi connectivity index (χ1) is 9.76. The van der Waals surface area contributed by atoms with Gasteiger partial charge >= 0.3 is 0 Å². The van der Waals surface area contributed by atoms with Crippen molar-refractivity contribution in [3.05, 3.63) is 28.8 Å². The highest BCUT2D eigenvalue weighted by Crippen LogP contribution is 2.21. The topological polar surface area (TPSA) is 67.4 Å². The van der Waals surface area contributed by atoms with Crippen molar-refractivity contribution < 1.29 is 13.2 Å². The Morgan fingerprint density at radius 2 is 1.95 bits per heavy atom. The molecule has 1 aromatic rings. The van der Waals surface area contributed by atoms with Gasteiger partial charge in [0.1, 0.15) is 0 Å². The maximum Gasteiger partial charge on any atom is 0.240 e. The van der Waals surface area contributed by atoms with Crippen LogP contribution in [0.1, 0.15) is 26.3 Å². The van der Waals surface area contributed by atoms with Gasteiger partial charge in [-0.2, -0.15) is 0 Å². The molecule has 0 saturated heterocycles. The molecule has 0 aromatic heterocycles. The lowest BCUT2D eigenvalue weighted by atomic mass is 10.2. The normalized spacial score (nSPS) is 13.6. The zero-order chi connectivity index (χ0) is 16.0. The van der Waals surface area contributed by atoms with E-state index in [-0.39, 0.29) is 10.9 Å². The minimum absolute atomic E-state index is 0.156. The third-order valence-corrected chi connectivity index (χ3v) is 4.75. The van der Waals surface area contributed by atoms with Gasteiger partial charge in [-0.05, 0) is 24.6 Å². The summed E-state index contributed by atoms with van der Waals surface area (Å²) in [4.78, 5) is 0.156. The molecule has 1 unspecified atom stereocenters. The number of hydrogen-bond donors (Lipinski definition) is 2. The summed E-state index contributed by atoms with van der Waals surface area (Å²) in [5.41, 5.74) is 0.870. The molecule has 2 N–H and O–H groups in total. The van der Waals surface area contributed by atoms with Gasteiger partial charge < -0.3 is 10.1 Å². The standard InChI is InChI=1S/C14H23ClN2O3S/c1-10(2)16-8-12-5-6-13(7-14(12)15)21(18,19)17-11(3)9-20-4/h5-7,10-11,16-17H,8-9H2,1-4H3. The molecule has 0 amide bonds. The third-order valence-electron chi connectivity index (χ3n) is 2.81. The number of rotatable bonds is 8. The van der Waals surface area contributed by atoms with Crippen LogP contribution in [0, 0.1) is 0 Å². The summed E-state index contributed by atoms with van der Waals surface area (Å²) in [6, 6.07) is 4.79. The Kier molecular flexibility index (Phi) is 7.09. The summed E-state index contributed by atoms with van der Waals surface area (Å²) < 4.78 is 31.9. The highest BCUT2D eigenvalue weighted by molar-refractivity contribution is 7.89. The molecule has 0 fully saturated rings. The summed E-state index contributed by atoms with van der Waals surface area (Å²) in [7, 11) is -2.06. The average Bonchev–Trinajstić information content (AvgIpc) is 2.36. The molecule has 0 radical (unpaired) electrons. The van der Waals surface area contributed by atoms with Gasteiger partial charge in [0, 0.05) is 30.8 Å². The molecule has 21 heavy (non-hydrogen) atoms. The molecule has 1 aromatic carbocycles. The van der Waals surface area contributed by atoms with Crippen molar-refractivity contribution in [1.29, 1.82) is 0 Å². The number of benzene rings is 1. The minimum Gasteiger partial charge on any atom is -0.383 e. The Balaban J connectivity index is 2.87. The Morgan fingerprint density at radius 3 is 2.48 bits per heavy atom. The fourth-order valence-electron chi connectivity index (χ4n) is 1.77. The molecular formula is C14H23ClN2O3S. The smallest absolute Gasteiger partial charge is 0.240 e. The van der Waals surface area contributed by atoms with Gasteiger partial charge in [0.05, 0.1) is 11.5 Å². The Hall–Kier alpha value is -0.660. The van der Waals surface area contributed by atoms with Gasteiger partial charge in [0.15, 0.2) is 0 Å². The lowest BCUT2D eigenvalue weighted by Crippen LogP contribution is -2.35. The predicted octanol–water partition coefficient (Wildman–Crippen LogP) is 2.15. The lowest BCUT2D eigenvalue weighted by Gasteiger charge is -2.14. The van der Waals surface area contributed by atoms with Crippen LogP contribution in [0.2, 0.25) is 5.02 Å². The molecule has 5 nitrogen and oxygen atoms in total. The first-order valence-electron chi connectivity index (χ1n) is 6.79. The average molecular weight is 335 g/mol. The fraction of sp³-hybridized carbons (Fsp3) is 0.571. The van der Waals surface area contributed by atoms with Gasteiger partial charge in [-0.15, -0.1) is 0 Å². The van der Waals surface area contributed by atoms with Crippen molar-refractivity contribution in [2.45, 2.75) is 44.3 Å². The monoisotopic (exact) mass is 334 g/mol. The quantitative estimate of drug-likeness (QED) is 0.764. The third kappa shape index (κ3) is 5.92. The number of sulfonamides is 1. The van der Waals surface area contributed by atoms with E-state index in [4.69, 9.17) is 16.3 Å².